The van der Waals surface area contributed by atoms with Crippen molar-refractivity contribution < 1.29 is 4.79 Å². The van der Waals surface area contributed by atoms with Gasteiger partial charge in [-0.2, -0.15) is 5.10 Å². The third-order valence-corrected chi connectivity index (χ3v) is 4.62. The molecule has 0 spiro atoms. The summed E-state index contributed by atoms with van der Waals surface area (Å²) in [7, 11) is 0. The van der Waals surface area contributed by atoms with Crippen molar-refractivity contribution in [3.63, 3.8) is 0 Å². The molecular weight excluding hydrogens is 256 g/mol. The number of Topliss-reactive ketones (excluding diaryl/α,β-unsaturated/α-hetero) is 1. The second kappa shape index (κ2) is 5.78. The lowest BCUT2D eigenvalue weighted by Crippen LogP contribution is -2.35. The zero-order valence-electron chi connectivity index (χ0n) is 11.6. The van der Waals surface area contributed by atoms with Crippen molar-refractivity contribution in [3.05, 3.63) is 35.9 Å². The van der Waals surface area contributed by atoms with Crippen LogP contribution in [0.4, 0.5) is 0 Å². The summed E-state index contributed by atoms with van der Waals surface area (Å²) >= 11 is 1.64. The molecule has 102 valence electrons. The Kier molecular flexibility index (Phi) is 4.30. The van der Waals surface area contributed by atoms with Gasteiger partial charge in [0.25, 0.3) is 0 Å². The van der Waals surface area contributed by atoms with Crippen molar-refractivity contribution in [3.8, 4) is 0 Å². The van der Waals surface area contributed by atoms with E-state index in [1.54, 1.807) is 11.8 Å². The van der Waals surface area contributed by atoms with Crippen LogP contribution < -0.4 is 5.43 Å². The Balaban J connectivity index is 2.01. The summed E-state index contributed by atoms with van der Waals surface area (Å²) < 4.78 is 0. The Bertz CT molecular complexity index is 486. The van der Waals surface area contributed by atoms with E-state index in [9.17, 15) is 4.79 Å². The van der Waals surface area contributed by atoms with E-state index in [-0.39, 0.29) is 10.8 Å². The van der Waals surface area contributed by atoms with Gasteiger partial charge in [-0.1, -0.05) is 55.9 Å². The first-order valence-electron chi connectivity index (χ1n) is 6.66. The Hall–Kier alpha value is -1.29. The van der Waals surface area contributed by atoms with Gasteiger partial charge in [0.15, 0.2) is 0 Å². The molecule has 0 bridgehead atoms. The molecule has 1 aromatic carbocycles. The van der Waals surface area contributed by atoms with Crippen LogP contribution in [-0.2, 0) is 4.79 Å². The highest BCUT2D eigenvalue weighted by Crippen LogP contribution is 2.35. The maximum Gasteiger partial charge on any atom is 0.138 e. The quantitative estimate of drug-likeness (QED) is 0.896. The fourth-order valence-corrected chi connectivity index (χ4v) is 3.02. The first-order chi connectivity index (χ1) is 9.04. The first kappa shape index (κ1) is 14.1. The van der Waals surface area contributed by atoms with Crippen LogP contribution in [0, 0.1) is 5.92 Å². The predicted molar refractivity (Wildman–Crippen MR) is 81.2 cm³/mol. The fourth-order valence-electron chi connectivity index (χ4n) is 1.94. The number of hydrazone groups is 1. The molecule has 0 saturated carbocycles. The summed E-state index contributed by atoms with van der Waals surface area (Å²) in [4.78, 5) is 11.8. The highest BCUT2D eigenvalue weighted by Gasteiger charge is 2.35. The monoisotopic (exact) mass is 276 g/mol. The molecular formula is C15H20N2OS. The number of nitrogens with zero attached hydrogens (tertiary/aromatic N) is 1. The molecule has 3 nitrogen and oxygen atoms in total. The van der Waals surface area contributed by atoms with E-state index in [4.69, 9.17) is 0 Å². The van der Waals surface area contributed by atoms with Gasteiger partial charge in [-0.05, 0) is 13.3 Å². The molecule has 0 fully saturated rings. The summed E-state index contributed by atoms with van der Waals surface area (Å²) in [5.74, 6) is 0.425. The van der Waals surface area contributed by atoms with Crippen LogP contribution in [0.15, 0.2) is 35.4 Å². The van der Waals surface area contributed by atoms with E-state index < -0.39 is 0 Å². The molecule has 1 aliphatic rings. The minimum absolute atomic E-state index is 0.125. The van der Waals surface area contributed by atoms with Crippen molar-refractivity contribution >= 4 is 22.6 Å². The second-order valence-electron chi connectivity index (χ2n) is 5.18. The average molecular weight is 276 g/mol. The van der Waals surface area contributed by atoms with Gasteiger partial charge in [0.2, 0.25) is 0 Å². The average Bonchev–Trinajstić information content (AvgIpc) is 2.81. The van der Waals surface area contributed by atoms with Gasteiger partial charge in [-0.15, -0.1) is 0 Å². The molecule has 0 aromatic heterocycles. The highest BCUT2D eigenvalue weighted by molar-refractivity contribution is 8.15. The number of benzene rings is 1. The minimum atomic E-state index is -0.314. The van der Waals surface area contributed by atoms with Crippen LogP contribution in [0.2, 0.25) is 0 Å². The van der Waals surface area contributed by atoms with E-state index >= 15 is 0 Å². The molecule has 0 aliphatic carbocycles. The molecule has 2 rings (SSSR count). The number of hydrogen-bond donors (Lipinski definition) is 1. The van der Waals surface area contributed by atoms with Crippen LogP contribution in [0.1, 0.15) is 39.2 Å². The van der Waals surface area contributed by atoms with Crippen molar-refractivity contribution in [2.75, 3.05) is 0 Å². The number of carbonyl (C=O) groups is 1. The zero-order chi connectivity index (χ0) is 13.9. The molecule has 0 saturated heterocycles. The standard InChI is InChI=1S/C15H20N2OS/c1-4-11(2)13(18)10-15(3)17-16-14(19-15)12-8-6-5-7-9-12/h5-9,11,17H,4,10H2,1-3H3. The molecule has 1 N–H and O–H groups in total. The number of thioether (sulfide) groups is 1. The first-order valence-corrected chi connectivity index (χ1v) is 7.48. The van der Waals surface area contributed by atoms with E-state index in [1.165, 1.54) is 0 Å². The maximum atomic E-state index is 12.1. The Morgan fingerprint density at radius 3 is 2.74 bits per heavy atom. The lowest BCUT2D eigenvalue weighted by molar-refractivity contribution is -0.123. The molecule has 2 unspecified atom stereocenters. The molecule has 1 aromatic rings. The van der Waals surface area contributed by atoms with Gasteiger partial charge in [0, 0.05) is 17.9 Å². The topological polar surface area (TPSA) is 41.5 Å². The third-order valence-electron chi connectivity index (χ3n) is 3.41. The number of hydrogen-bond acceptors (Lipinski definition) is 4. The minimum Gasteiger partial charge on any atom is -0.299 e. The Labute approximate surface area is 118 Å². The normalized spacial score (nSPS) is 23.6. The molecule has 0 amide bonds. The van der Waals surface area contributed by atoms with E-state index in [2.05, 4.69) is 10.5 Å². The van der Waals surface area contributed by atoms with Crippen LogP contribution >= 0.6 is 11.8 Å². The van der Waals surface area contributed by atoms with Gasteiger partial charge in [0.05, 0.1) is 0 Å². The summed E-state index contributed by atoms with van der Waals surface area (Å²) in [6.45, 7) is 6.08. The summed E-state index contributed by atoms with van der Waals surface area (Å²) in [6, 6.07) is 10.1. The summed E-state index contributed by atoms with van der Waals surface area (Å²) in [6.07, 6.45) is 1.40. The van der Waals surface area contributed by atoms with Crippen molar-refractivity contribution in [1.82, 2.24) is 5.43 Å². The lowest BCUT2D eigenvalue weighted by Gasteiger charge is -2.23. The third kappa shape index (κ3) is 3.38. The van der Waals surface area contributed by atoms with Gasteiger partial charge < -0.3 is 0 Å². The second-order valence-corrected chi connectivity index (χ2v) is 6.67. The van der Waals surface area contributed by atoms with Gasteiger partial charge in [0.1, 0.15) is 15.7 Å². The molecule has 4 heteroatoms. The van der Waals surface area contributed by atoms with Gasteiger partial charge in [-0.3, -0.25) is 10.2 Å². The zero-order valence-corrected chi connectivity index (χ0v) is 12.5. The van der Waals surface area contributed by atoms with E-state index in [1.807, 2.05) is 51.1 Å². The number of rotatable bonds is 5. The van der Waals surface area contributed by atoms with Crippen molar-refractivity contribution in [1.29, 1.82) is 0 Å². The number of carbonyl (C=O) groups excluding carboxylic acids is 1. The van der Waals surface area contributed by atoms with Gasteiger partial charge >= 0.3 is 0 Å². The molecule has 1 heterocycles. The van der Waals surface area contributed by atoms with Crippen LogP contribution in [-0.4, -0.2) is 15.7 Å². The molecule has 19 heavy (non-hydrogen) atoms. The van der Waals surface area contributed by atoms with Crippen LogP contribution in [0.3, 0.4) is 0 Å². The SMILES string of the molecule is CCC(C)C(=O)CC1(C)NN=C(c2ccccc2)S1. The van der Waals surface area contributed by atoms with E-state index in [0.717, 1.165) is 17.0 Å². The summed E-state index contributed by atoms with van der Waals surface area (Å²) in [5, 5.41) is 5.33. The highest BCUT2D eigenvalue weighted by atomic mass is 32.2. The Morgan fingerprint density at radius 1 is 1.42 bits per heavy atom. The molecule has 1 aliphatic heterocycles. The number of nitrogens with one attached hydrogen (secondary N) is 1. The van der Waals surface area contributed by atoms with Gasteiger partial charge in [-0.25, -0.2) is 0 Å². The molecule has 2 atom stereocenters. The smallest absolute Gasteiger partial charge is 0.138 e. The number of ketones is 1. The van der Waals surface area contributed by atoms with E-state index in [0.29, 0.717) is 12.2 Å². The van der Waals surface area contributed by atoms with Crippen molar-refractivity contribution in [2.24, 2.45) is 11.0 Å². The summed E-state index contributed by atoms with van der Waals surface area (Å²) in [5.41, 5.74) is 4.22. The lowest BCUT2D eigenvalue weighted by atomic mass is 9.98. The fraction of sp³-hybridized carbons (Fsp3) is 0.467. The maximum absolute atomic E-state index is 12.1. The van der Waals surface area contributed by atoms with Crippen LogP contribution in [0.25, 0.3) is 0 Å². The molecule has 0 radical (unpaired) electrons. The van der Waals surface area contributed by atoms with Crippen molar-refractivity contribution in [2.45, 2.75) is 38.5 Å². The largest absolute Gasteiger partial charge is 0.299 e. The Morgan fingerprint density at radius 2 is 2.11 bits per heavy atom. The predicted octanol–water partition coefficient (Wildman–Crippen LogP) is 3.41. The van der Waals surface area contributed by atoms with Crippen LogP contribution in [0.5, 0.6) is 0 Å².